The maximum Gasteiger partial charge on any atom is 0.0246 e. The van der Waals surface area contributed by atoms with Crippen LogP contribution in [0.25, 0.3) is 0 Å². The van der Waals surface area contributed by atoms with Crippen LogP contribution in [0.15, 0.2) is 0 Å². The molecule has 0 aromatic heterocycles. The maximum atomic E-state index is 3.61. The van der Waals surface area contributed by atoms with Crippen molar-refractivity contribution < 1.29 is 0 Å². The van der Waals surface area contributed by atoms with E-state index in [4.69, 9.17) is 0 Å². The number of rotatable bonds is 0. The summed E-state index contributed by atoms with van der Waals surface area (Å²) in [5.41, 5.74) is 0. The molecule has 2 aliphatic heterocycles. The third-order valence-corrected chi connectivity index (χ3v) is 3.14. The fourth-order valence-electron chi connectivity index (χ4n) is 2.48. The highest BCUT2D eigenvalue weighted by Gasteiger charge is 2.30. The molecule has 0 aromatic rings. The maximum absolute atomic E-state index is 3.61. The predicted octanol–water partition coefficient (Wildman–Crippen LogP) is 2.89. The van der Waals surface area contributed by atoms with Gasteiger partial charge in [-0.25, -0.2) is 0 Å². The molecular formula is C13H30N2. The molecule has 2 nitrogen and oxygen atoms in total. The molecule has 1 N–H and O–H groups in total. The summed E-state index contributed by atoms with van der Waals surface area (Å²) >= 11 is 0. The highest BCUT2D eigenvalue weighted by molar-refractivity contribution is 4.90. The van der Waals surface area contributed by atoms with Crippen LogP contribution < -0.4 is 5.32 Å². The average Bonchev–Trinajstić information content (AvgIpc) is 2.35. The highest BCUT2D eigenvalue weighted by Crippen LogP contribution is 2.22. The van der Waals surface area contributed by atoms with Gasteiger partial charge in [-0.05, 0) is 45.8 Å². The SMILES string of the molecule is CC.CC.CN1CCCC2NCCCC21. The predicted molar refractivity (Wildman–Crippen MR) is 69.4 cm³/mol. The second-order valence-corrected chi connectivity index (χ2v) is 3.89. The lowest BCUT2D eigenvalue weighted by Gasteiger charge is -2.42. The van der Waals surface area contributed by atoms with E-state index in [1.807, 2.05) is 27.7 Å². The minimum absolute atomic E-state index is 0.808. The van der Waals surface area contributed by atoms with Gasteiger partial charge in [0.2, 0.25) is 0 Å². The van der Waals surface area contributed by atoms with E-state index in [1.54, 1.807) is 0 Å². The number of likely N-dealkylation sites (tertiary alicyclic amines) is 1. The molecule has 0 aromatic carbocycles. The van der Waals surface area contributed by atoms with Crippen LogP contribution in [0.4, 0.5) is 0 Å². The minimum atomic E-state index is 0.808. The van der Waals surface area contributed by atoms with E-state index in [1.165, 1.54) is 38.8 Å². The molecule has 15 heavy (non-hydrogen) atoms. The molecule has 0 bridgehead atoms. The monoisotopic (exact) mass is 214 g/mol. The molecule has 2 rings (SSSR count). The first-order valence-electron chi connectivity index (χ1n) is 6.81. The molecule has 2 heterocycles. The standard InChI is InChI=1S/C9H18N2.2C2H6/c1-11-7-3-4-8-9(11)5-2-6-10-8;2*1-2/h8-10H,2-7H2,1H3;2*1-2H3. The Morgan fingerprint density at radius 2 is 1.67 bits per heavy atom. The van der Waals surface area contributed by atoms with E-state index in [0.29, 0.717) is 0 Å². The minimum Gasteiger partial charge on any atom is -0.312 e. The normalized spacial score (nSPS) is 30.2. The second kappa shape index (κ2) is 9.17. The van der Waals surface area contributed by atoms with Crippen molar-refractivity contribution in [1.29, 1.82) is 0 Å². The van der Waals surface area contributed by atoms with Crippen molar-refractivity contribution in [2.45, 2.75) is 65.5 Å². The largest absolute Gasteiger partial charge is 0.312 e. The number of fused-ring (bicyclic) bond motifs is 1. The number of hydrogen-bond donors (Lipinski definition) is 1. The second-order valence-electron chi connectivity index (χ2n) is 3.89. The van der Waals surface area contributed by atoms with Crippen LogP contribution in [-0.4, -0.2) is 37.1 Å². The van der Waals surface area contributed by atoms with Crippen LogP contribution >= 0.6 is 0 Å². The van der Waals surface area contributed by atoms with Crippen molar-refractivity contribution in [3.05, 3.63) is 0 Å². The first kappa shape index (κ1) is 14.9. The van der Waals surface area contributed by atoms with Gasteiger partial charge in [-0.1, -0.05) is 27.7 Å². The number of nitrogens with one attached hydrogen (secondary N) is 1. The van der Waals surface area contributed by atoms with Gasteiger partial charge in [-0.3, -0.25) is 0 Å². The van der Waals surface area contributed by atoms with Gasteiger partial charge in [0.05, 0.1) is 0 Å². The lowest BCUT2D eigenvalue weighted by molar-refractivity contribution is 0.113. The summed E-state index contributed by atoms with van der Waals surface area (Å²) in [5, 5.41) is 3.61. The van der Waals surface area contributed by atoms with Crippen molar-refractivity contribution >= 4 is 0 Å². The average molecular weight is 214 g/mol. The quantitative estimate of drug-likeness (QED) is 0.667. The Labute approximate surface area is 96.4 Å². The van der Waals surface area contributed by atoms with Crippen molar-refractivity contribution in [2.75, 3.05) is 20.1 Å². The van der Waals surface area contributed by atoms with Crippen molar-refractivity contribution in [3.63, 3.8) is 0 Å². The van der Waals surface area contributed by atoms with Gasteiger partial charge in [-0.15, -0.1) is 0 Å². The number of nitrogens with zero attached hydrogens (tertiary/aromatic N) is 1. The Kier molecular flexibility index (Phi) is 9.12. The lowest BCUT2D eigenvalue weighted by atomic mass is 9.90. The molecule has 2 heteroatoms. The molecule has 2 unspecified atom stereocenters. The Balaban J connectivity index is 0.000000442. The molecule has 0 saturated carbocycles. The Morgan fingerprint density at radius 3 is 2.27 bits per heavy atom. The number of piperidine rings is 2. The Hall–Kier alpha value is -0.0800. The Bertz CT molecular complexity index is 134. The molecule has 2 saturated heterocycles. The molecule has 2 aliphatic rings. The summed E-state index contributed by atoms with van der Waals surface area (Å²) in [6.45, 7) is 10.6. The van der Waals surface area contributed by atoms with Gasteiger partial charge in [0, 0.05) is 12.1 Å². The van der Waals surface area contributed by atoms with Crippen LogP contribution in [0.3, 0.4) is 0 Å². The summed E-state index contributed by atoms with van der Waals surface area (Å²) in [4.78, 5) is 2.53. The molecular weight excluding hydrogens is 184 g/mol. The van der Waals surface area contributed by atoms with E-state index in [0.717, 1.165) is 12.1 Å². The summed E-state index contributed by atoms with van der Waals surface area (Å²) < 4.78 is 0. The summed E-state index contributed by atoms with van der Waals surface area (Å²) in [5.74, 6) is 0. The zero-order chi connectivity index (χ0) is 11.7. The van der Waals surface area contributed by atoms with Crippen molar-refractivity contribution in [1.82, 2.24) is 10.2 Å². The van der Waals surface area contributed by atoms with Crippen LogP contribution in [0.1, 0.15) is 53.4 Å². The van der Waals surface area contributed by atoms with Gasteiger partial charge >= 0.3 is 0 Å². The fraction of sp³-hybridized carbons (Fsp3) is 1.00. The summed E-state index contributed by atoms with van der Waals surface area (Å²) in [6.07, 6.45) is 5.55. The van der Waals surface area contributed by atoms with Gasteiger partial charge in [0.25, 0.3) is 0 Å². The molecule has 0 radical (unpaired) electrons. The third kappa shape index (κ3) is 4.52. The van der Waals surface area contributed by atoms with Crippen LogP contribution in [0.5, 0.6) is 0 Å². The molecule has 0 amide bonds. The number of likely N-dealkylation sites (N-methyl/N-ethyl adjacent to an activating group) is 1. The summed E-state index contributed by atoms with van der Waals surface area (Å²) in [6, 6.07) is 1.65. The smallest absolute Gasteiger partial charge is 0.0246 e. The van der Waals surface area contributed by atoms with Crippen LogP contribution in [0.2, 0.25) is 0 Å². The highest BCUT2D eigenvalue weighted by atomic mass is 15.2. The first-order valence-corrected chi connectivity index (χ1v) is 6.81. The van der Waals surface area contributed by atoms with Gasteiger partial charge < -0.3 is 10.2 Å². The molecule has 0 spiro atoms. The van der Waals surface area contributed by atoms with Crippen LogP contribution in [0, 0.1) is 0 Å². The van der Waals surface area contributed by atoms with Crippen LogP contribution in [-0.2, 0) is 0 Å². The Morgan fingerprint density at radius 1 is 1.00 bits per heavy atom. The zero-order valence-electron chi connectivity index (χ0n) is 11.3. The van der Waals surface area contributed by atoms with E-state index in [-0.39, 0.29) is 0 Å². The topological polar surface area (TPSA) is 15.3 Å². The molecule has 2 fully saturated rings. The van der Waals surface area contributed by atoms with E-state index in [9.17, 15) is 0 Å². The molecule has 2 atom stereocenters. The van der Waals surface area contributed by atoms with E-state index >= 15 is 0 Å². The number of hydrogen-bond acceptors (Lipinski definition) is 2. The lowest BCUT2D eigenvalue weighted by Crippen LogP contribution is -2.55. The zero-order valence-corrected chi connectivity index (χ0v) is 11.3. The molecule has 92 valence electrons. The van der Waals surface area contributed by atoms with Gasteiger partial charge in [0.15, 0.2) is 0 Å². The van der Waals surface area contributed by atoms with Crippen molar-refractivity contribution in [3.8, 4) is 0 Å². The first-order chi connectivity index (χ1) is 7.38. The molecule has 0 aliphatic carbocycles. The van der Waals surface area contributed by atoms with Gasteiger partial charge in [0.1, 0.15) is 0 Å². The van der Waals surface area contributed by atoms with E-state index in [2.05, 4.69) is 17.3 Å². The van der Waals surface area contributed by atoms with E-state index < -0.39 is 0 Å². The third-order valence-electron chi connectivity index (χ3n) is 3.14. The van der Waals surface area contributed by atoms with Gasteiger partial charge in [-0.2, -0.15) is 0 Å². The fourth-order valence-corrected chi connectivity index (χ4v) is 2.48. The summed E-state index contributed by atoms with van der Waals surface area (Å²) in [7, 11) is 2.27. The van der Waals surface area contributed by atoms with Crippen molar-refractivity contribution in [2.24, 2.45) is 0 Å².